The van der Waals surface area contributed by atoms with E-state index in [0.29, 0.717) is 5.92 Å². The van der Waals surface area contributed by atoms with E-state index in [1.807, 2.05) is 0 Å². The first-order valence-corrected chi connectivity index (χ1v) is 7.38. The van der Waals surface area contributed by atoms with E-state index in [-0.39, 0.29) is 5.60 Å². The van der Waals surface area contributed by atoms with Crippen molar-refractivity contribution in [1.82, 2.24) is 0 Å². The van der Waals surface area contributed by atoms with Crippen LogP contribution >= 0.6 is 0 Å². The summed E-state index contributed by atoms with van der Waals surface area (Å²) in [5, 5.41) is 0. The van der Waals surface area contributed by atoms with Crippen LogP contribution in [0.5, 0.6) is 0 Å². The largest absolute Gasteiger partial charge is 0.375 e. The average Bonchev–Trinajstić information content (AvgIpc) is 2.80. The molecule has 0 amide bonds. The first-order valence-electron chi connectivity index (χ1n) is 7.38. The number of rotatable bonds is 0. The normalized spacial score (nSPS) is 49.3. The van der Waals surface area contributed by atoms with Crippen LogP contribution in [0, 0.1) is 29.7 Å². The van der Waals surface area contributed by atoms with E-state index in [1.54, 1.807) is 0 Å². The molecule has 95 valence electrons. The Morgan fingerprint density at radius 3 is 3.22 bits per heavy atom. The fraction of sp³-hybridized carbons (Fsp3) is 0.647. The number of allylic oxidation sites excluding steroid dienone is 6. The Hall–Kier alpha value is -0.820. The molecule has 2 fully saturated rings. The van der Waals surface area contributed by atoms with Gasteiger partial charge in [0.1, 0.15) is 0 Å². The summed E-state index contributed by atoms with van der Waals surface area (Å²) in [6, 6.07) is 0. The molecule has 4 rings (SSSR count). The zero-order valence-corrected chi connectivity index (χ0v) is 11.1. The zero-order valence-electron chi connectivity index (χ0n) is 11.1. The van der Waals surface area contributed by atoms with Crippen LogP contribution in [0.4, 0.5) is 0 Å². The summed E-state index contributed by atoms with van der Waals surface area (Å²) >= 11 is 0. The third-order valence-electron chi connectivity index (χ3n) is 5.81. The van der Waals surface area contributed by atoms with Crippen molar-refractivity contribution in [1.29, 1.82) is 0 Å². The van der Waals surface area contributed by atoms with E-state index in [9.17, 15) is 0 Å². The second kappa shape index (κ2) is 3.84. The highest BCUT2D eigenvalue weighted by atomic mass is 16.5. The van der Waals surface area contributed by atoms with Crippen LogP contribution in [0.1, 0.15) is 32.6 Å². The quantitative estimate of drug-likeness (QED) is 0.628. The second-order valence-electron chi connectivity index (χ2n) is 6.56. The summed E-state index contributed by atoms with van der Waals surface area (Å²) in [5.41, 5.74) is 1.70. The Morgan fingerprint density at radius 1 is 1.33 bits per heavy atom. The highest BCUT2D eigenvalue weighted by molar-refractivity contribution is 5.34. The van der Waals surface area contributed by atoms with Gasteiger partial charge in [-0.15, -0.1) is 0 Å². The molecule has 0 aromatic carbocycles. The van der Waals surface area contributed by atoms with Crippen molar-refractivity contribution in [3.63, 3.8) is 0 Å². The topological polar surface area (TPSA) is 9.23 Å². The van der Waals surface area contributed by atoms with Gasteiger partial charge in [-0.1, -0.05) is 24.3 Å². The third-order valence-corrected chi connectivity index (χ3v) is 5.81. The summed E-state index contributed by atoms with van der Waals surface area (Å²) in [5.74, 6) is 3.14. The number of fused-ring (bicyclic) bond motifs is 5. The molecule has 0 N–H and O–H groups in total. The van der Waals surface area contributed by atoms with Crippen LogP contribution in [0.15, 0.2) is 29.9 Å². The molecule has 0 aromatic rings. The standard InChI is InChI=1S/C17H21O/c1-17-10-8-14-13-5-3-2-4-12(13)6-7-15(14)16(17)9-11-18-17/h3-6,13-16H,7-11H2,1H3/t13-,14+,15+,16-,17-/m0/s1. The fourth-order valence-electron chi connectivity index (χ4n) is 4.87. The summed E-state index contributed by atoms with van der Waals surface area (Å²) < 4.78 is 6.07. The Bertz CT molecular complexity index is 445. The van der Waals surface area contributed by atoms with Gasteiger partial charge in [-0.05, 0) is 62.0 Å². The van der Waals surface area contributed by atoms with Crippen LogP contribution in [0.25, 0.3) is 0 Å². The van der Waals surface area contributed by atoms with E-state index in [4.69, 9.17) is 4.74 Å². The highest BCUT2D eigenvalue weighted by Crippen LogP contribution is 2.55. The summed E-state index contributed by atoms with van der Waals surface area (Å²) in [4.78, 5) is 0. The van der Waals surface area contributed by atoms with Crippen molar-refractivity contribution in [2.75, 3.05) is 6.61 Å². The van der Waals surface area contributed by atoms with E-state index < -0.39 is 0 Å². The molecule has 5 atom stereocenters. The number of hydrogen-bond donors (Lipinski definition) is 0. The van der Waals surface area contributed by atoms with Crippen LogP contribution in [0.2, 0.25) is 0 Å². The molecular weight excluding hydrogens is 220 g/mol. The lowest BCUT2D eigenvalue weighted by Crippen LogP contribution is -2.47. The molecule has 1 heterocycles. The molecule has 1 nitrogen and oxygen atoms in total. The molecule has 18 heavy (non-hydrogen) atoms. The van der Waals surface area contributed by atoms with Crippen LogP contribution < -0.4 is 0 Å². The second-order valence-corrected chi connectivity index (χ2v) is 6.56. The van der Waals surface area contributed by atoms with Crippen molar-refractivity contribution in [3.05, 3.63) is 36.0 Å². The molecule has 4 aliphatic rings. The molecule has 1 saturated carbocycles. The van der Waals surface area contributed by atoms with Gasteiger partial charge < -0.3 is 4.74 Å². The molecule has 0 bridgehead atoms. The van der Waals surface area contributed by atoms with Gasteiger partial charge in [-0.3, -0.25) is 0 Å². The number of hydrogen-bond acceptors (Lipinski definition) is 1. The minimum Gasteiger partial charge on any atom is -0.375 e. The van der Waals surface area contributed by atoms with Crippen molar-refractivity contribution >= 4 is 0 Å². The van der Waals surface area contributed by atoms with Crippen LogP contribution in [-0.4, -0.2) is 12.2 Å². The SMILES string of the molecule is C[C@]12CC[C@H]3[C@@H](CC=C4C=[C]C=C[C@@H]43)[C@@H]1CCO2. The minimum atomic E-state index is 0.187. The Kier molecular flexibility index (Phi) is 2.35. The Balaban J connectivity index is 1.69. The Morgan fingerprint density at radius 2 is 2.28 bits per heavy atom. The third kappa shape index (κ3) is 1.43. The van der Waals surface area contributed by atoms with Gasteiger partial charge in [-0.2, -0.15) is 0 Å². The van der Waals surface area contributed by atoms with Gasteiger partial charge in [0.25, 0.3) is 0 Å². The first-order chi connectivity index (χ1) is 8.78. The Labute approximate surface area is 110 Å². The molecule has 0 spiro atoms. The van der Waals surface area contributed by atoms with Crippen molar-refractivity contribution in [2.45, 2.75) is 38.2 Å². The maximum Gasteiger partial charge on any atom is 0.0686 e. The van der Waals surface area contributed by atoms with Gasteiger partial charge in [0.15, 0.2) is 0 Å². The molecule has 3 aliphatic carbocycles. The maximum atomic E-state index is 6.07. The van der Waals surface area contributed by atoms with Gasteiger partial charge in [-0.25, -0.2) is 0 Å². The van der Waals surface area contributed by atoms with E-state index in [1.165, 1.54) is 31.3 Å². The van der Waals surface area contributed by atoms with Gasteiger partial charge in [0.05, 0.1) is 5.60 Å². The maximum absolute atomic E-state index is 6.07. The lowest BCUT2D eigenvalue weighted by Gasteiger charge is -2.49. The monoisotopic (exact) mass is 241 g/mol. The lowest BCUT2D eigenvalue weighted by molar-refractivity contribution is -0.0701. The van der Waals surface area contributed by atoms with Gasteiger partial charge >= 0.3 is 0 Å². The summed E-state index contributed by atoms with van der Waals surface area (Å²) in [7, 11) is 0. The molecule has 1 radical (unpaired) electrons. The molecule has 0 unspecified atom stereocenters. The average molecular weight is 241 g/mol. The van der Waals surface area contributed by atoms with Crippen LogP contribution in [0.3, 0.4) is 0 Å². The van der Waals surface area contributed by atoms with Crippen molar-refractivity contribution in [3.8, 4) is 0 Å². The van der Waals surface area contributed by atoms with E-state index >= 15 is 0 Å². The van der Waals surface area contributed by atoms with Gasteiger partial charge in [0.2, 0.25) is 0 Å². The number of ether oxygens (including phenoxy) is 1. The molecule has 0 aromatic heterocycles. The lowest BCUT2D eigenvalue weighted by atomic mass is 9.57. The van der Waals surface area contributed by atoms with Crippen LogP contribution in [-0.2, 0) is 4.74 Å². The zero-order chi connectivity index (χ0) is 12.2. The molecule has 1 heteroatoms. The van der Waals surface area contributed by atoms with E-state index in [2.05, 4.69) is 37.3 Å². The van der Waals surface area contributed by atoms with Gasteiger partial charge in [0, 0.05) is 12.5 Å². The minimum absolute atomic E-state index is 0.187. The van der Waals surface area contributed by atoms with E-state index in [0.717, 1.165) is 24.4 Å². The van der Waals surface area contributed by atoms with Crippen molar-refractivity contribution in [2.24, 2.45) is 23.7 Å². The smallest absolute Gasteiger partial charge is 0.0686 e. The summed E-state index contributed by atoms with van der Waals surface area (Å²) in [6.07, 6.45) is 17.5. The molecule has 1 aliphatic heterocycles. The van der Waals surface area contributed by atoms with Crippen molar-refractivity contribution < 1.29 is 4.74 Å². The first kappa shape index (κ1) is 11.0. The summed E-state index contributed by atoms with van der Waals surface area (Å²) in [6.45, 7) is 3.33. The highest BCUT2D eigenvalue weighted by Gasteiger charge is 2.52. The molecule has 1 saturated heterocycles. The fourth-order valence-corrected chi connectivity index (χ4v) is 4.87. The molecular formula is C17H21O. The predicted molar refractivity (Wildman–Crippen MR) is 71.8 cm³/mol. The predicted octanol–water partition coefficient (Wildman–Crippen LogP) is 3.68.